The smallest absolute Gasteiger partial charge is 0.225 e. The van der Waals surface area contributed by atoms with E-state index in [1.165, 1.54) is 0 Å². The van der Waals surface area contributed by atoms with Gasteiger partial charge in [-0.15, -0.1) is 0 Å². The minimum absolute atomic E-state index is 0.0254. The van der Waals surface area contributed by atoms with Gasteiger partial charge in [-0.25, -0.2) is 0 Å². The summed E-state index contributed by atoms with van der Waals surface area (Å²) in [6.45, 7) is 0. The lowest BCUT2D eigenvalue weighted by molar-refractivity contribution is -0.120. The van der Waals surface area contributed by atoms with Crippen molar-refractivity contribution in [1.82, 2.24) is 5.32 Å². The minimum Gasteiger partial charge on any atom is -0.359 e. The maximum atomic E-state index is 11.8. The zero-order chi connectivity index (χ0) is 14.5. The highest BCUT2D eigenvalue weighted by molar-refractivity contribution is 5.91. The third kappa shape index (κ3) is 4.35. The summed E-state index contributed by atoms with van der Waals surface area (Å²) >= 11 is 0. The Balaban J connectivity index is 1.83. The van der Waals surface area contributed by atoms with Crippen LogP contribution in [-0.4, -0.2) is 24.9 Å². The summed E-state index contributed by atoms with van der Waals surface area (Å²) < 4.78 is 0. The van der Waals surface area contributed by atoms with Gasteiger partial charge in [-0.05, 0) is 36.5 Å². The molecule has 2 amide bonds. The molecule has 0 heterocycles. The van der Waals surface area contributed by atoms with Gasteiger partial charge in [0.1, 0.15) is 0 Å². The second-order valence-corrected chi connectivity index (χ2v) is 5.30. The van der Waals surface area contributed by atoms with E-state index >= 15 is 0 Å². The van der Waals surface area contributed by atoms with E-state index in [4.69, 9.17) is 5.73 Å². The molecule has 0 saturated heterocycles. The molecule has 1 aliphatic carbocycles. The number of likely N-dealkylation sites (N-methyl/N-ethyl adjacent to an activating group) is 1. The van der Waals surface area contributed by atoms with Gasteiger partial charge in [0.2, 0.25) is 11.8 Å². The Morgan fingerprint density at radius 3 is 2.45 bits per heavy atom. The topological polar surface area (TPSA) is 84.2 Å². The lowest BCUT2D eigenvalue weighted by Crippen LogP contribution is -2.28. The fraction of sp³-hybridized carbons (Fsp3) is 0.467. The van der Waals surface area contributed by atoms with E-state index in [0.717, 1.165) is 24.1 Å². The quantitative estimate of drug-likeness (QED) is 0.725. The third-order valence-corrected chi connectivity index (χ3v) is 3.53. The van der Waals surface area contributed by atoms with Crippen molar-refractivity contribution in [2.75, 3.05) is 12.4 Å². The second kappa shape index (κ2) is 6.52. The van der Waals surface area contributed by atoms with Crippen molar-refractivity contribution in [3.63, 3.8) is 0 Å². The first-order valence-electron chi connectivity index (χ1n) is 6.93. The molecule has 1 unspecified atom stereocenters. The number of anilines is 1. The molecule has 1 atom stereocenters. The Morgan fingerprint density at radius 1 is 1.25 bits per heavy atom. The molecule has 0 bridgehead atoms. The van der Waals surface area contributed by atoms with Gasteiger partial charge in [-0.2, -0.15) is 0 Å². The molecule has 20 heavy (non-hydrogen) atoms. The summed E-state index contributed by atoms with van der Waals surface area (Å²) in [5.41, 5.74) is 7.57. The standard InChI is InChI=1S/C15H21N3O2/c1-17-14(19)8-10-2-6-12(7-3-10)18-15(20)9-13(16)11-4-5-11/h2-3,6-7,11,13H,4-5,8-9,16H2,1H3,(H,17,19)(H,18,20). The van der Waals surface area contributed by atoms with E-state index in [2.05, 4.69) is 10.6 Å². The van der Waals surface area contributed by atoms with E-state index in [1.807, 2.05) is 12.1 Å². The van der Waals surface area contributed by atoms with E-state index in [-0.39, 0.29) is 17.9 Å². The van der Waals surface area contributed by atoms with E-state index in [1.54, 1.807) is 19.2 Å². The van der Waals surface area contributed by atoms with Gasteiger partial charge in [0.25, 0.3) is 0 Å². The van der Waals surface area contributed by atoms with Gasteiger partial charge in [-0.3, -0.25) is 9.59 Å². The molecule has 1 fully saturated rings. The van der Waals surface area contributed by atoms with Crippen LogP contribution in [0.15, 0.2) is 24.3 Å². The molecule has 1 aromatic rings. The van der Waals surface area contributed by atoms with Gasteiger partial charge < -0.3 is 16.4 Å². The normalized spacial score (nSPS) is 15.5. The average molecular weight is 275 g/mol. The number of carbonyl (C=O) groups excluding carboxylic acids is 2. The number of rotatable bonds is 6. The lowest BCUT2D eigenvalue weighted by Gasteiger charge is -2.11. The van der Waals surface area contributed by atoms with Crippen LogP contribution in [-0.2, 0) is 16.0 Å². The largest absolute Gasteiger partial charge is 0.359 e. The van der Waals surface area contributed by atoms with Crippen LogP contribution in [0.25, 0.3) is 0 Å². The van der Waals surface area contributed by atoms with Gasteiger partial charge in [0.15, 0.2) is 0 Å². The van der Waals surface area contributed by atoms with Crippen molar-refractivity contribution in [2.24, 2.45) is 11.7 Å². The number of nitrogens with two attached hydrogens (primary N) is 1. The first-order chi connectivity index (χ1) is 9.58. The Hall–Kier alpha value is -1.88. The van der Waals surface area contributed by atoms with Gasteiger partial charge in [0, 0.05) is 25.2 Å². The van der Waals surface area contributed by atoms with Crippen molar-refractivity contribution < 1.29 is 9.59 Å². The van der Waals surface area contributed by atoms with Crippen molar-refractivity contribution in [3.05, 3.63) is 29.8 Å². The van der Waals surface area contributed by atoms with E-state index in [9.17, 15) is 9.59 Å². The average Bonchev–Trinajstić information content (AvgIpc) is 3.25. The van der Waals surface area contributed by atoms with Crippen LogP contribution in [0, 0.1) is 5.92 Å². The fourth-order valence-electron chi connectivity index (χ4n) is 2.10. The van der Waals surface area contributed by atoms with Gasteiger partial charge in [-0.1, -0.05) is 12.1 Å². The number of benzene rings is 1. The number of carbonyl (C=O) groups is 2. The maximum absolute atomic E-state index is 11.8. The molecule has 0 aliphatic heterocycles. The molecular formula is C15H21N3O2. The number of hydrogen-bond acceptors (Lipinski definition) is 3. The molecule has 2 rings (SSSR count). The molecular weight excluding hydrogens is 254 g/mol. The zero-order valence-electron chi connectivity index (χ0n) is 11.7. The fourth-order valence-corrected chi connectivity index (χ4v) is 2.10. The molecule has 0 spiro atoms. The second-order valence-electron chi connectivity index (χ2n) is 5.30. The highest BCUT2D eigenvalue weighted by Crippen LogP contribution is 2.32. The Bertz CT molecular complexity index is 480. The monoisotopic (exact) mass is 275 g/mol. The molecule has 5 heteroatoms. The van der Waals surface area contributed by atoms with Crippen LogP contribution in [0.3, 0.4) is 0 Å². The van der Waals surface area contributed by atoms with Crippen molar-refractivity contribution in [1.29, 1.82) is 0 Å². The van der Waals surface area contributed by atoms with Crippen LogP contribution in [0.2, 0.25) is 0 Å². The molecule has 5 nitrogen and oxygen atoms in total. The Kier molecular flexibility index (Phi) is 4.74. The number of amides is 2. The van der Waals surface area contributed by atoms with Crippen LogP contribution >= 0.6 is 0 Å². The lowest BCUT2D eigenvalue weighted by atomic mass is 10.1. The molecule has 1 aromatic carbocycles. The summed E-state index contributed by atoms with van der Waals surface area (Å²) in [5.74, 6) is 0.441. The molecule has 4 N–H and O–H groups in total. The predicted molar refractivity (Wildman–Crippen MR) is 78.2 cm³/mol. The third-order valence-electron chi connectivity index (χ3n) is 3.53. The van der Waals surface area contributed by atoms with Gasteiger partial charge >= 0.3 is 0 Å². The SMILES string of the molecule is CNC(=O)Cc1ccc(NC(=O)CC(N)C2CC2)cc1. The van der Waals surface area contributed by atoms with Crippen molar-refractivity contribution in [3.8, 4) is 0 Å². The molecule has 108 valence electrons. The zero-order valence-corrected chi connectivity index (χ0v) is 11.7. The highest BCUT2D eigenvalue weighted by Gasteiger charge is 2.29. The summed E-state index contributed by atoms with van der Waals surface area (Å²) in [5, 5.41) is 5.41. The van der Waals surface area contributed by atoms with Crippen LogP contribution < -0.4 is 16.4 Å². The predicted octanol–water partition coefficient (Wildman–Crippen LogP) is 1.04. The first kappa shape index (κ1) is 14.5. The molecule has 1 aliphatic rings. The minimum atomic E-state index is -0.0524. The van der Waals surface area contributed by atoms with E-state index < -0.39 is 0 Å². The summed E-state index contributed by atoms with van der Waals surface area (Å²) in [6, 6.07) is 7.26. The number of nitrogens with one attached hydrogen (secondary N) is 2. The van der Waals surface area contributed by atoms with Crippen molar-refractivity contribution >= 4 is 17.5 Å². The Morgan fingerprint density at radius 2 is 1.90 bits per heavy atom. The summed E-state index contributed by atoms with van der Waals surface area (Å²) in [4.78, 5) is 23.0. The molecule has 1 saturated carbocycles. The van der Waals surface area contributed by atoms with Gasteiger partial charge in [0.05, 0.1) is 6.42 Å². The molecule has 0 aromatic heterocycles. The van der Waals surface area contributed by atoms with Crippen LogP contribution in [0.4, 0.5) is 5.69 Å². The number of hydrogen-bond donors (Lipinski definition) is 3. The highest BCUT2D eigenvalue weighted by atomic mass is 16.2. The summed E-state index contributed by atoms with van der Waals surface area (Å²) in [7, 11) is 1.61. The van der Waals surface area contributed by atoms with Crippen molar-refractivity contribution in [2.45, 2.75) is 31.7 Å². The first-order valence-corrected chi connectivity index (χ1v) is 6.93. The Labute approximate surface area is 118 Å². The van der Waals surface area contributed by atoms with E-state index in [0.29, 0.717) is 18.8 Å². The van der Waals surface area contributed by atoms with Crippen LogP contribution in [0.1, 0.15) is 24.8 Å². The maximum Gasteiger partial charge on any atom is 0.225 e. The summed E-state index contributed by atoms with van der Waals surface area (Å²) in [6.07, 6.45) is 2.99. The van der Waals surface area contributed by atoms with Crippen LogP contribution in [0.5, 0.6) is 0 Å². The molecule has 0 radical (unpaired) electrons.